The maximum absolute atomic E-state index is 12.0. The molecule has 0 fully saturated rings. The minimum atomic E-state index is -0.167. The Kier molecular flexibility index (Phi) is 5.95. The second kappa shape index (κ2) is 8.15. The minimum absolute atomic E-state index is 0.167. The van der Waals surface area contributed by atoms with Gasteiger partial charge in [0.2, 0.25) is 5.91 Å². The molecule has 24 heavy (non-hydrogen) atoms. The van der Waals surface area contributed by atoms with E-state index in [4.69, 9.17) is 9.47 Å². The van der Waals surface area contributed by atoms with Gasteiger partial charge in [0.05, 0.1) is 26.9 Å². The number of methoxy groups -OCH3 is 2. The lowest BCUT2D eigenvalue weighted by molar-refractivity contribution is -0.120. The van der Waals surface area contributed by atoms with E-state index in [1.54, 1.807) is 26.5 Å². The number of nitrogens with one attached hydrogen (secondary N) is 1. The molecule has 0 saturated carbocycles. The van der Waals surface area contributed by atoms with Crippen LogP contribution in [0.3, 0.4) is 0 Å². The van der Waals surface area contributed by atoms with Crippen molar-refractivity contribution in [3.05, 3.63) is 58.7 Å². The van der Waals surface area contributed by atoms with Gasteiger partial charge >= 0.3 is 0 Å². The van der Waals surface area contributed by atoms with Gasteiger partial charge < -0.3 is 9.47 Å². The molecular weight excluding hydrogens is 304 g/mol. The smallest absolute Gasteiger partial charge is 0.244 e. The third kappa shape index (κ3) is 4.35. The van der Waals surface area contributed by atoms with Gasteiger partial charge in [-0.2, -0.15) is 5.10 Å². The summed E-state index contributed by atoms with van der Waals surface area (Å²) in [7, 11) is 3.14. The van der Waals surface area contributed by atoms with Crippen LogP contribution in [0.2, 0.25) is 0 Å². The molecule has 0 radical (unpaired) electrons. The molecule has 0 aliphatic carbocycles. The van der Waals surface area contributed by atoms with Crippen molar-refractivity contribution < 1.29 is 14.3 Å². The molecule has 126 valence electrons. The number of nitrogens with zero attached hydrogens (tertiary/aromatic N) is 1. The molecule has 0 aliphatic heterocycles. The highest BCUT2D eigenvalue weighted by Gasteiger charge is 2.08. The molecule has 0 spiro atoms. The third-order valence-corrected chi connectivity index (χ3v) is 3.68. The van der Waals surface area contributed by atoms with Crippen LogP contribution in [0.5, 0.6) is 11.5 Å². The first-order chi connectivity index (χ1) is 11.5. The molecule has 2 aromatic rings. The summed E-state index contributed by atoms with van der Waals surface area (Å²) in [5, 5.41) is 4.01. The fraction of sp³-hybridized carbons (Fsp3) is 0.263. The van der Waals surface area contributed by atoms with Crippen molar-refractivity contribution in [3.63, 3.8) is 0 Å². The first-order valence-corrected chi connectivity index (χ1v) is 7.64. The van der Waals surface area contributed by atoms with Crippen LogP contribution in [0.4, 0.5) is 0 Å². The van der Waals surface area contributed by atoms with E-state index < -0.39 is 0 Å². The fourth-order valence-corrected chi connectivity index (χ4v) is 2.44. The summed E-state index contributed by atoms with van der Waals surface area (Å²) in [5.74, 6) is 1.02. The number of hydrogen-bond donors (Lipinski definition) is 1. The van der Waals surface area contributed by atoms with Crippen LogP contribution in [0.1, 0.15) is 22.3 Å². The van der Waals surface area contributed by atoms with Gasteiger partial charge in [0.25, 0.3) is 0 Å². The number of aryl methyl sites for hydroxylation is 2. The van der Waals surface area contributed by atoms with Gasteiger partial charge in [0, 0.05) is 5.56 Å². The van der Waals surface area contributed by atoms with E-state index in [2.05, 4.69) is 16.6 Å². The van der Waals surface area contributed by atoms with Crippen molar-refractivity contribution in [3.8, 4) is 11.5 Å². The Morgan fingerprint density at radius 3 is 2.62 bits per heavy atom. The lowest BCUT2D eigenvalue weighted by Gasteiger charge is -2.09. The molecule has 0 saturated heterocycles. The van der Waals surface area contributed by atoms with Crippen LogP contribution in [0.15, 0.2) is 41.5 Å². The van der Waals surface area contributed by atoms with Crippen LogP contribution < -0.4 is 14.9 Å². The number of ether oxygens (including phenoxy) is 2. The minimum Gasteiger partial charge on any atom is -0.493 e. The summed E-state index contributed by atoms with van der Waals surface area (Å²) >= 11 is 0. The monoisotopic (exact) mass is 326 g/mol. The largest absolute Gasteiger partial charge is 0.493 e. The van der Waals surface area contributed by atoms with Gasteiger partial charge in [-0.25, -0.2) is 5.43 Å². The lowest BCUT2D eigenvalue weighted by atomic mass is 10.0. The number of amides is 1. The molecule has 2 aromatic carbocycles. The van der Waals surface area contributed by atoms with E-state index in [0.717, 1.165) is 16.7 Å². The Morgan fingerprint density at radius 2 is 1.96 bits per heavy atom. The lowest BCUT2D eigenvalue weighted by Crippen LogP contribution is -2.20. The zero-order valence-corrected chi connectivity index (χ0v) is 14.4. The second-order valence-corrected chi connectivity index (χ2v) is 5.48. The van der Waals surface area contributed by atoms with E-state index in [1.165, 1.54) is 5.56 Å². The van der Waals surface area contributed by atoms with Gasteiger partial charge in [-0.15, -0.1) is 0 Å². The van der Waals surface area contributed by atoms with Gasteiger partial charge in [-0.3, -0.25) is 4.79 Å². The zero-order valence-electron chi connectivity index (χ0n) is 14.4. The Hall–Kier alpha value is -2.82. The number of hydrogen-bond acceptors (Lipinski definition) is 4. The molecule has 0 bridgehead atoms. The van der Waals surface area contributed by atoms with E-state index in [1.807, 2.05) is 38.1 Å². The Morgan fingerprint density at radius 1 is 1.17 bits per heavy atom. The Bertz CT molecular complexity index is 754. The fourth-order valence-electron chi connectivity index (χ4n) is 2.44. The normalized spacial score (nSPS) is 10.7. The molecule has 1 N–H and O–H groups in total. The third-order valence-electron chi connectivity index (χ3n) is 3.68. The number of carbonyl (C=O) groups excluding carboxylic acids is 1. The maximum Gasteiger partial charge on any atom is 0.244 e. The van der Waals surface area contributed by atoms with Crippen molar-refractivity contribution in [1.29, 1.82) is 0 Å². The summed E-state index contributed by atoms with van der Waals surface area (Å²) in [5.41, 5.74) is 6.54. The first kappa shape index (κ1) is 17.5. The van der Waals surface area contributed by atoms with Crippen LogP contribution in [-0.4, -0.2) is 26.3 Å². The van der Waals surface area contributed by atoms with Crippen LogP contribution >= 0.6 is 0 Å². The molecule has 0 unspecified atom stereocenters. The molecule has 0 atom stereocenters. The van der Waals surface area contributed by atoms with Crippen molar-refractivity contribution in [1.82, 2.24) is 5.43 Å². The molecule has 0 aliphatic rings. The highest BCUT2D eigenvalue weighted by molar-refractivity contribution is 5.86. The van der Waals surface area contributed by atoms with Crippen LogP contribution in [-0.2, 0) is 11.2 Å². The summed E-state index contributed by atoms with van der Waals surface area (Å²) in [6, 6.07) is 11.5. The summed E-state index contributed by atoms with van der Waals surface area (Å²) in [4.78, 5) is 12.0. The number of hydrazone groups is 1. The van der Waals surface area contributed by atoms with Crippen LogP contribution in [0.25, 0.3) is 0 Å². The molecule has 1 amide bonds. The van der Waals surface area contributed by atoms with Gasteiger partial charge in [-0.05, 0) is 37.1 Å². The second-order valence-electron chi connectivity index (χ2n) is 5.48. The average Bonchev–Trinajstić information content (AvgIpc) is 2.57. The molecule has 2 rings (SSSR count). The molecule has 5 heteroatoms. The van der Waals surface area contributed by atoms with E-state index >= 15 is 0 Å². The van der Waals surface area contributed by atoms with Gasteiger partial charge in [-0.1, -0.05) is 29.8 Å². The Labute approximate surface area is 142 Å². The standard InChI is InChI=1S/C19H22N2O3/c1-13-8-9-15(14(2)10-13)11-18(22)21-20-12-16-6-5-7-17(23-3)19(16)24-4/h5-10,12H,11H2,1-4H3,(H,21,22)/b20-12-. The van der Waals surface area contributed by atoms with E-state index in [9.17, 15) is 4.79 Å². The Balaban J connectivity index is 2.02. The van der Waals surface area contributed by atoms with E-state index in [-0.39, 0.29) is 5.91 Å². The quantitative estimate of drug-likeness (QED) is 0.656. The van der Waals surface area contributed by atoms with Crippen molar-refractivity contribution in [2.24, 2.45) is 5.10 Å². The maximum atomic E-state index is 12.0. The number of rotatable bonds is 6. The predicted octanol–water partition coefficient (Wildman–Crippen LogP) is 3.01. The molecule has 0 heterocycles. The highest BCUT2D eigenvalue weighted by Crippen LogP contribution is 2.29. The van der Waals surface area contributed by atoms with Crippen molar-refractivity contribution >= 4 is 12.1 Å². The van der Waals surface area contributed by atoms with Gasteiger partial charge in [0.1, 0.15) is 0 Å². The highest BCUT2D eigenvalue weighted by atomic mass is 16.5. The topological polar surface area (TPSA) is 59.9 Å². The first-order valence-electron chi connectivity index (χ1n) is 7.64. The zero-order chi connectivity index (χ0) is 17.5. The number of para-hydroxylation sites is 1. The summed E-state index contributed by atoms with van der Waals surface area (Å²) < 4.78 is 10.6. The SMILES string of the molecule is COc1cccc(/C=N\NC(=O)Cc2ccc(C)cc2C)c1OC. The van der Waals surface area contributed by atoms with Gasteiger partial charge in [0.15, 0.2) is 11.5 Å². The number of carbonyl (C=O) groups is 1. The predicted molar refractivity (Wildman–Crippen MR) is 94.9 cm³/mol. The van der Waals surface area contributed by atoms with Crippen molar-refractivity contribution in [2.75, 3.05) is 14.2 Å². The molecular formula is C19H22N2O3. The molecule has 0 aromatic heterocycles. The van der Waals surface area contributed by atoms with Crippen LogP contribution in [0, 0.1) is 13.8 Å². The number of benzene rings is 2. The van der Waals surface area contributed by atoms with Crippen molar-refractivity contribution in [2.45, 2.75) is 20.3 Å². The summed E-state index contributed by atoms with van der Waals surface area (Å²) in [6.07, 6.45) is 1.83. The summed E-state index contributed by atoms with van der Waals surface area (Å²) in [6.45, 7) is 4.03. The molecule has 5 nitrogen and oxygen atoms in total. The average molecular weight is 326 g/mol. The van der Waals surface area contributed by atoms with E-state index in [0.29, 0.717) is 17.9 Å².